The molecule has 0 saturated heterocycles. The molecule has 0 fully saturated rings. The highest BCUT2D eigenvalue weighted by atomic mass is 16.7. The molecule has 4 rings (SSSR count). The normalized spacial score (nSPS) is 14.4. The molecule has 0 amide bonds. The number of ether oxygens (including phenoxy) is 2. The van der Waals surface area contributed by atoms with Gasteiger partial charge in [0.25, 0.3) is 0 Å². The number of methoxy groups -OCH3 is 2. The third-order valence-electron chi connectivity index (χ3n) is 6.67. The van der Waals surface area contributed by atoms with E-state index in [2.05, 4.69) is 88.5 Å². The zero-order chi connectivity index (χ0) is 25.7. The first kappa shape index (κ1) is 25.9. The quantitative estimate of drug-likeness (QED) is 0.380. The van der Waals surface area contributed by atoms with Gasteiger partial charge in [-0.25, -0.2) is 5.10 Å². The van der Waals surface area contributed by atoms with Gasteiger partial charge >= 0.3 is 0 Å². The van der Waals surface area contributed by atoms with E-state index in [1.54, 1.807) is 14.2 Å². The van der Waals surface area contributed by atoms with Gasteiger partial charge in [0.15, 0.2) is 12.1 Å². The van der Waals surface area contributed by atoms with Crippen LogP contribution >= 0.6 is 0 Å². The molecule has 2 aromatic carbocycles. The number of nitrogens with one attached hydrogen (secondary N) is 1. The fourth-order valence-electron chi connectivity index (χ4n) is 4.81. The lowest BCUT2D eigenvalue weighted by atomic mass is 9.98. The number of allylic oxidation sites excluding steroid dienone is 1. The van der Waals surface area contributed by atoms with Crippen LogP contribution in [0.1, 0.15) is 52.5 Å². The fourth-order valence-corrected chi connectivity index (χ4v) is 4.81. The summed E-state index contributed by atoms with van der Waals surface area (Å²) < 4.78 is 11.5. The number of unbranched alkanes of at least 4 members (excludes halogenated alkanes) is 1. The maximum absolute atomic E-state index is 5.76. The molecule has 0 bridgehead atoms. The zero-order valence-corrected chi connectivity index (χ0v) is 22.3. The van der Waals surface area contributed by atoms with E-state index < -0.39 is 0 Å². The van der Waals surface area contributed by atoms with E-state index >= 15 is 0 Å². The van der Waals surface area contributed by atoms with Crippen molar-refractivity contribution in [3.8, 4) is 22.5 Å². The molecule has 8 nitrogen and oxygen atoms in total. The summed E-state index contributed by atoms with van der Waals surface area (Å²) in [6, 6.07) is 17.0. The molecule has 0 atom stereocenters. The van der Waals surface area contributed by atoms with Crippen molar-refractivity contribution >= 4 is 0 Å². The van der Waals surface area contributed by atoms with E-state index in [9.17, 15) is 0 Å². The largest absolute Gasteiger partial charge is 0.351 e. The Morgan fingerprint density at radius 1 is 1.00 bits per heavy atom. The molecule has 192 valence electrons. The summed E-state index contributed by atoms with van der Waals surface area (Å²) in [4.78, 5) is 4.90. The Balaban J connectivity index is 1.62. The van der Waals surface area contributed by atoms with Gasteiger partial charge in [0, 0.05) is 37.6 Å². The fraction of sp³-hybridized carbons (Fsp3) is 0.464. The highest BCUT2D eigenvalue weighted by molar-refractivity contribution is 5.80. The average Bonchev–Trinajstić information content (AvgIpc) is 3.53. The highest BCUT2D eigenvalue weighted by Crippen LogP contribution is 2.37. The molecular weight excluding hydrogens is 452 g/mol. The Bertz CT molecular complexity index is 1150. The van der Waals surface area contributed by atoms with E-state index in [1.165, 1.54) is 11.3 Å². The molecule has 0 spiro atoms. The van der Waals surface area contributed by atoms with Gasteiger partial charge in [0.2, 0.25) is 0 Å². The molecule has 1 N–H and O–H groups in total. The first-order valence-corrected chi connectivity index (χ1v) is 12.6. The van der Waals surface area contributed by atoms with Gasteiger partial charge in [-0.1, -0.05) is 61.9 Å². The third kappa shape index (κ3) is 5.44. The lowest BCUT2D eigenvalue weighted by Gasteiger charge is -2.38. The molecule has 0 aliphatic carbocycles. The molecular formula is C28H38N6O2. The summed E-state index contributed by atoms with van der Waals surface area (Å²) in [5.74, 6) is 0.665. The SMILES string of the molecule is CCCCC1=C(C(OC)OC)N(C(C)(C)C)CN1Cc1ccc(-c2ccccc2-c2nnn[nH]2)cc1. The summed E-state index contributed by atoms with van der Waals surface area (Å²) in [7, 11) is 3.43. The number of hydrogen-bond donors (Lipinski definition) is 1. The molecule has 0 unspecified atom stereocenters. The minimum absolute atomic E-state index is 0.0556. The Morgan fingerprint density at radius 3 is 2.28 bits per heavy atom. The lowest BCUT2D eigenvalue weighted by Crippen LogP contribution is -2.44. The number of benzene rings is 2. The van der Waals surface area contributed by atoms with Gasteiger partial charge in [-0.15, -0.1) is 5.10 Å². The van der Waals surface area contributed by atoms with Crippen LogP contribution in [0.4, 0.5) is 0 Å². The molecule has 1 aliphatic heterocycles. The van der Waals surface area contributed by atoms with Crippen LogP contribution < -0.4 is 0 Å². The first-order valence-electron chi connectivity index (χ1n) is 12.6. The number of aromatic amines is 1. The van der Waals surface area contributed by atoms with Crippen molar-refractivity contribution in [2.24, 2.45) is 0 Å². The molecule has 8 heteroatoms. The molecule has 1 aromatic heterocycles. The Morgan fingerprint density at radius 2 is 1.69 bits per heavy atom. The van der Waals surface area contributed by atoms with Crippen molar-refractivity contribution in [1.29, 1.82) is 0 Å². The van der Waals surface area contributed by atoms with E-state index in [4.69, 9.17) is 9.47 Å². The minimum atomic E-state index is -0.384. The van der Waals surface area contributed by atoms with Crippen LogP contribution in [0.15, 0.2) is 59.9 Å². The van der Waals surface area contributed by atoms with Crippen molar-refractivity contribution < 1.29 is 9.47 Å². The number of tetrazole rings is 1. The number of H-pyrrole nitrogens is 1. The summed E-state index contributed by atoms with van der Waals surface area (Å²) in [6.07, 6.45) is 2.88. The van der Waals surface area contributed by atoms with Gasteiger partial charge < -0.3 is 19.3 Å². The standard InChI is InChI=1S/C28H38N6O2/c1-7-8-13-24-25(27(35-5)36-6)34(28(2,3)4)19-33(24)18-20-14-16-21(17-15-20)22-11-9-10-12-23(22)26-29-31-32-30-26/h9-12,14-17,27H,7-8,13,18-19H2,1-6H3,(H,29,30,31,32). The summed E-state index contributed by atoms with van der Waals surface area (Å²) >= 11 is 0. The van der Waals surface area contributed by atoms with Crippen molar-refractivity contribution in [2.75, 3.05) is 20.9 Å². The molecule has 0 radical (unpaired) electrons. The van der Waals surface area contributed by atoms with E-state index in [-0.39, 0.29) is 11.8 Å². The monoisotopic (exact) mass is 490 g/mol. The van der Waals surface area contributed by atoms with Crippen LogP contribution in [0.25, 0.3) is 22.5 Å². The van der Waals surface area contributed by atoms with Crippen molar-refractivity contribution in [3.05, 3.63) is 65.5 Å². The van der Waals surface area contributed by atoms with Crippen LogP contribution in [0, 0.1) is 0 Å². The Labute approximate surface area is 214 Å². The second kappa shape index (κ2) is 11.2. The number of hydrogen-bond acceptors (Lipinski definition) is 7. The molecule has 0 saturated carbocycles. The van der Waals surface area contributed by atoms with Crippen molar-refractivity contribution in [2.45, 2.75) is 65.3 Å². The number of aromatic nitrogens is 4. The second-order valence-electron chi connectivity index (χ2n) is 10.2. The topological polar surface area (TPSA) is 79.4 Å². The Kier molecular flexibility index (Phi) is 8.06. The summed E-state index contributed by atoms with van der Waals surface area (Å²) in [5, 5.41) is 14.4. The predicted molar refractivity (Wildman–Crippen MR) is 141 cm³/mol. The smallest absolute Gasteiger partial charge is 0.200 e. The van der Waals surface area contributed by atoms with E-state index in [1.807, 2.05) is 18.2 Å². The molecule has 2 heterocycles. The van der Waals surface area contributed by atoms with Crippen LogP contribution in [0.2, 0.25) is 0 Å². The Hall–Kier alpha value is -3.23. The van der Waals surface area contributed by atoms with Crippen LogP contribution in [-0.4, -0.2) is 63.1 Å². The van der Waals surface area contributed by atoms with Crippen LogP contribution in [0.5, 0.6) is 0 Å². The molecule has 1 aliphatic rings. The predicted octanol–water partition coefficient (Wildman–Crippen LogP) is 5.43. The zero-order valence-electron chi connectivity index (χ0n) is 22.3. The van der Waals surface area contributed by atoms with Gasteiger partial charge in [-0.05, 0) is 60.7 Å². The molecule has 3 aromatic rings. The van der Waals surface area contributed by atoms with E-state index in [0.717, 1.165) is 54.9 Å². The van der Waals surface area contributed by atoms with Crippen molar-refractivity contribution in [3.63, 3.8) is 0 Å². The number of rotatable bonds is 10. The third-order valence-corrected chi connectivity index (χ3v) is 6.67. The maximum Gasteiger partial charge on any atom is 0.200 e. The minimum Gasteiger partial charge on any atom is -0.351 e. The van der Waals surface area contributed by atoms with Gasteiger partial charge in [0.1, 0.15) is 0 Å². The average molecular weight is 491 g/mol. The van der Waals surface area contributed by atoms with Gasteiger partial charge in [-0.2, -0.15) is 0 Å². The summed E-state index contributed by atoms with van der Waals surface area (Å²) in [6.45, 7) is 10.6. The second-order valence-corrected chi connectivity index (χ2v) is 10.2. The highest BCUT2D eigenvalue weighted by Gasteiger charge is 2.38. The molecule has 36 heavy (non-hydrogen) atoms. The summed E-state index contributed by atoms with van der Waals surface area (Å²) in [5.41, 5.74) is 6.87. The maximum atomic E-state index is 5.76. The van der Waals surface area contributed by atoms with Gasteiger partial charge in [-0.3, -0.25) is 0 Å². The van der Waals surface area contributed by atoms with Crippen LogP contribution in [-0.2, 0) is 16.0 Å². The van der Waals surface area contributed by atoms with E-state index in [0.29, 0.717) is 5.82 Å². The van der Waals surface area contributed by atoms with Gasteiger partial charge in [0.05, 0.1) is 12.4 Å². The van der Waals surface area contributed by atoms with Crippen molar-refractivity contribution in [1.82, 2.24) is 30.4 Å². The lowest BCUT2D eigenvalue weighted by molar-refractivity contribution is -0.0946. The first-order chi connectivity index (χ1) is 17.4. The van der Waals surface area contributed by atoms with Crippen LogP contribution in [0.3, 0.4) is 0 Å². The number of nitrogens with zero attached hydrogens (tertiary/aromatic N) is 5.